The molecule has 3 rings (SSSR count). The summed E-state index contributed by atoms with van der Waals surface area (Å²) in [6.45, 7) is 7.37. The van der Waals surface area contributed by atoms with Gasteiger partial charge in [-0.25, -0.2) is 8.42 Å². The van der Waals surface area contributed by atoms with Gasteiger partial charge in [-0.2, -0.15) is 0 Å². The van der Waals surface area contributed by atoms with Crippen molar-refractivity contribution < 1.29 is 18.0 Å². The quantitative estimate of drug-likeness (QED) is 0.357. The van der Waals surface area contributed by atoms with Crippen LogP contribution in [0.15, 0.2) is 77.7 Å². The zero-order chi connectivity index (χ0) is 27.9. The molecule has 0 spiro atoms. The molecule has 7 nitrogen and oxygen atoms in total. The van der Waals surface area contributed by atoms with Crippen LogP contribution in [-0.4, -0.2) is 44.3 Å². The number of nitrogens with one attached hydrogen (secondary N) is 1. The second-order valence-electron chi connectivity index (χ2n) is 9.23. The molecule has 0 aliphatic rings. The summed E-state index contributed by atoms with van der Waals surface area (Å²) in [6, 6.07) is 19.7. The van der Waals surface area contributed by atoms with Crippen molar-refractivity contribution in [2.45, 2.75) is 51.6 Å². The summed E-state index contributed by atoms with van der Waals surface area (Å²) in [6.07, 6.45) is 0.749. The third-order valence-corrected chi connectivity index (χ3v) is 8.28. The summed E-state index contributed by atoms with van der Waals surface area (Å²) >= 11 is 6.03. The van der Waals surface area contributed by atoms with Gasteiger partial charge in [0, 0.05) is 18.1 Å². The van der Waals surface area contributed by atoms with Crippen LogP contribution in [0.2, 0.25) is 5.02 Å². The normalized spacial score (nSPS) is 12.0. The van der Waals surface area contributed by atoms with Crippen molar-refractivity contribution >= 4 is 39.1 Å². The molecule has 2 amide bonds. The molecule has 3 aromatic carbocycles. The fourth-order valence-electron chi connectivity index (χ4n) is 3.96. The van der Waals surface area contributed by atoms with Crippen LogP contribution in [0.3, 0.4) is 0 Å². The molecule has 38 heavy (non-hydrogen) atoms. The second kappa shape index (κ2) is 12.9. The lowest BCUT2D eigenvalue weighted by atomic mass is 10.1. The van der Waals surface area contributed by atoms with E-state index in [1.165, 1.54) is 17.0 Å². The highest BCUT2D eigenvalue weighted by Gasteiger charge is 2.33. The number of carbonyl (C=O) groups is 2. The Morgan fingerprint density at radius 2 is 1.58 bits per heavy atom. The molecule has 0 unspecified atom stereocenters. The van der Waals surface area contributed by atoms with Crippen LogP contribution in [0.4, 0.5) is 5.69 Å². The highest BCUT2D eigenvalue weighted by molar-refractivity contribution is 7.92. The summed E-state index contributed by atoms with van der Waals surface area (Å²) in [5.41, 5.74) is 2.79. The number of nitrogens with zero attached hydrogens (tertiary/aromatic N) is 2. The molecule has 0 aliphatic carbocycles. The SMILES string of the molecule is CCCNC(=O)[C@H](C)N(Cc1ccc(Cl)cc1)C(=O)CN(c1ccccc1C)S(=O)(=O)c1ccc(C)cc1. The number of rotatable bonds is 11. The van der Waals surface area contributed by atoms with Crippen LogP contribution in [-0.2, 0) is 26.2 Å². The maximum Gasteiger partial charge on any atom is 0.264 e. The van der Waals surface area contributed by atoms with Gasteiger partial charge in [0.25, 0.3) is 10.0 Å². The van der Waals surface area contributed by atoms with E-state index in [2.05, 4.69) is 5.32 Å². The predicted molar refractivity (Wildman–Crippen MR) is 152 cm³/mol. The molecule has 3 aromatic rings. The van der Waals surface area contributed by atoms with Crippen molar-refractivity contribution in [2.24, 2.45) is 0 Å². The monoisotopic (exact) mass is 555 g/mol. The number of para-hydroxylation sites is 1. The van der Waals surface area contributed by atoms with Gasteiger partial charge in [-0.3, -0.25) is 13.9 Å². The van der Waals surface area contributed by atoms with E-state index >= 15 is 0 Å². The first-order chi connectivity index (χ1) is 18.0. The third-order valence-electron chi connectivity index (χ3n) is 6.25. The number of halogens is 1. The highest BCUT2D eigenvalue weighted by atomic mass is 35.5. The van der Waals surface area contributed by atoms with Gasteiger partial charge in [0.2, 0.25) is 11.8 Å². The van der Waals surface area contributed by atoms with Gasteiger partial charge in [-0.1, -0.05) is 66.6 Å². The Kier molecular flexibility index (Phi) is 9.94. The maximum atomic E-state index is 13.9. The molecule has 0 aromatic heterocycles. The topological polar surface area (TPSA) is 86.8 Å². The lowest BCUT2D eigenvalue weighted by Crippen LogP contribution is -2.51. The van der Waals surface area contributed by atoms with Crippen molar-refractivity contribution in [1.82, 2.24) is 10.2 Å². The predicted octanol–water partition coefficient (Wildman–Crippen LogP) is 5.10. The van der Waals surface area contributed by atoms with Crippen LogP contribution in [0, 0.1) is 13.8 Å². The number of carbonyl (C=O) groups excluding carboxylic acids is 2. The van der Waals surface area contributed by atoms with E-state index < -0.39 is 28.5 Å². The molecular formula is C29H34ClN3O4S. The molecule has 202 valence electrons. The van der Waals surface area contributed by atoms with Crippen molar-refractivity contribution in [3.05, 3.63) is 94.5 Å². The smallest absolute Gasteiger partial charge is 0.264 e. The summed E-state index contributed by atoms with van der Waals surface area (Å²) in [7, 11) is -4.09. The van der Waals surface area contributed by atoms with E-state index in [4.69, 9.17) is 11.6 Å². The molecule has 0 fully saturated rings. The minimum Gasteiger partial charge on any atom is -0.354 e. The van der Waals surface area contributed by atoms with Crippen LogP contribution in [0.25, 0.3) is 0 Å². The van der Waals surface area contributed by atoms with Crippen molar-refractivity contribution in [3.8, 4) is 0 Å². The van der Waals surface area contributed by atoms with Gasteiger partial charge in [0.1, 0.15) is 12.6 Å². The van der Waals surface area contributed by atoms with Crippen LogP contribution < -0.4 is 9.62 Å². The number of hydrogen-bond acceptors (Lipinski definition) is 4. The minimum atomic E-state index is -4.09. The highest BCUT2D eigenvalue weighted by Crippen LogP contribution is 2.27. The first-order valence-electron chi connectivity index (χ1n) is 12.5. The summed E-state index contributed by atoms with van der Waals surface area (Å²) in [5.74, 6) is -0.809. The molecule has 0 heterocycles. The Hall–Kier alpha value is -3.36. The first kappa shape index (κ1) is 29.2. The van der Waals surface area contributed by atoms with E-state index in [9.17, 15) is 18.0 Å². The molecule has 0 saturated heterocycles. The largest absolute Gasteiger partial charge is 0.354 e. The van der Waals surface area contributed by atoms with E-state index in [0.29, 0.717) is 22.8 Å². The van der Waals surface area contributed by atoms with Crippen LogP contribution in [0.5, 0.6) is 0 Å². The van der Waals surface area contributed by atoms with Gasteiger partial charge >= 0.3 is 0 Å². The molecule has 0 radical (unpaired) electrons. The molecule has 1 N–H and O–H groups in total. The minimum absolute atomic E-state index is 0.0807. The van der Waals surface area contributed by atoms with Crippen LogP contribution in [0.1, 0.15) is 37.0 Å². The Balaban J connectivity index is 2.02. The van der Waals surface area contributed by atoms with Gasteiger partial charge in [0.15, 0.2) is 0 Å². The van der Waals surface area contributed by atoms with Crippen LogP contribution >= 0.6 is 11.6 Å². The molecule has 1 atom stereocenters. The van der Waals surface area contributed by atoms with E-state index in [1.807, 2.05) is 19.9 Å². The number of benzene rings is 3. The van der Waals surface area contributed by atoms with E-state index in [1.54, 1.807) is 68.4 Å². The average Bonchev–Trinajstić information content (AvgIpc) is 2.90. The Bertz CT molecular complexity index is 1360. The third kappa shape index (κ3) is 7.14. The summed E-state index contributed by atoms with van der Waals surface area (Å²) < 4.78 is 28.8. The molecule has 0 bridgehead atoms. The number of anilines is 1. The van der Waals surface area contributed by atoms with Crippen molar-refractivity contribution in [3.63, 3.8) is 0 Å². The number of sulfonamides is 1. The lowest BCUT2D eigenvalue weighted by molar-refractivity contribution is -0.139. The van der Waals surface area contributed by atoms with Crippen molar-refractivity contribution in [1.29, 1.82) is 0 Å². The molecule has 9 heteroatoms. The number of amides is 2. The first-order valence-corrected chi connectivity index (χ1v) is 14.3. The van der Waals surface area contributed by atoms with Gasteiger partial charge in [-0.15, -0.1) is 0 Å². The lowest BCUT2D eigenvalue weighted by Gasteiger charge is -2.32. The number of aryl methyl sites for hydroxylation is 2. The van der Waals surface area contributed by atoms with Gasteiger partial charge in [0.05, 0.1) is 10.6 Å². The zero-order valence-electron chi connectivity index (χ0n) is 22.1. The summed E-state index contributed by atoms with van der Waals surface area (Å²) in [5, 5.41) is 3.38. The Labute approximate surface area is 230 Å². The zero-order valence-corrected chi connectivity index (χ0v) is 23.7. The summed E-state index contributed by atoms with van der Waals surface area (Å²) in [4.78, 5) is 28.3. The Morgan fingerprint density at radius 1 is 0.947 bits per heavy atom. The number of hydrogen-bond donors (Lipinski definition) is 1. The molecular weight excluding hydrogens is 522 g/mol. The average molecular weight is 556 g/mol. The molecule has 0 aliphatic heterocycles. The Morgan fingerprint density at radius 3 is 2.18 bits per heavy atom. The fourth-order valence-corrected chi connectivity index (χ4v) is 5.56. The van der Waals surface area contributed by atoms with Crippen molar-refractivity contribution in [2.75, 3.05) is 17.4 Å². The standard InChI is InChI=1S/C29H34ClN3O4S/c1-5-18-31-29(35)23(4)32(19-24-12-14-25(30)15-13-24)28(34)20-33(27-9-7-6-8-22(27)3)38(36,37)26-16-10-21(2)11-17-26/h6-17,23H,5,18-20H2,1-4H3,(H,31,35)/t23-/m0/s1. The maximum absolute atomic E-state index is 13.9. The fraction of sp³-hybridized carbons (Fsp3) is 0.310. The van der Waals surface area contributed by atoms with E-state index in [0.717, 1.165) is 21.9 Å². The second-order valence-corrected chi connectivity index (χ2v) is 11.5. The van der Waals surface area contributed by atoms with Gasteiger partial charge < -0.3 is 10.2 Å². The molecule has 0 saturated carbocycles. The van der Waals surface area contributed by atoms with Gasteiger partial charge in [-0.05, 0) is 68.7 Å². The van der Waals surface area contributed by atoms with E-state index in [-0.39, 0.29) is 17.3 Å².